The van der Waals surface area contributed by atoms with E-state index in [1.165, 1.54) is 34.0 Å². The molecule has 6 nitrogen and oxygen atoms in total. The smallest absolute Gasteiger partial charge is 0.416 e. The van der Waals surface area contributed by atoms with E-state index >= 15 is 0 Å². The van der Waals surface area contributed by atoms with Crippen LogP contribution in [0.3, 0.4) is 0 Å². The maximum Gasteiger partial charge on any atom is 0.416 e. The summed E-state index contributed by atoms with van der Waals surface area (Å²) < 4.78 is 39.7. The highest BCUT2D eigenvalue weighted by molar-refractivity contribution is 5.93. The summed E-state index contributed by atoms with van der Waals surface area (Å²) in [5, 5.41) is 13.2. The Morgan fingerprint density at radius 2 is 1.96 bits per heavy atom. The molecule has 2 atom stereocenters. The van der Waals surface area contributed by atoms with E-state index in [0.29, 0.717) is 6.54 Å². The third-order valence-corrected chi connectivity index (χ3v) is 4.46. The Bertz CT molecular complexity index is 847. The molecule has 0 saturated carbocycles. The number of aromatic nitrogens is 2. The molecule has 2 aromatic rings. The Hall–Kier alpha value is -2.84. The van der Waals surface area contributed by atoms with Gasteiger partial charge >= 0.3 is 12.1 Å². The van der Waals surface area contributed by atoms with Crippen molar-refractivity contribution in [3.05, 3.63) is 47.8 Å². The number of carbonyl (C=O) groups excluding carboxylic acids is 1. The number of aliphatic carboxylic acids is 1. The SMILES string of the molecule is C[C@@H]1CN(C(=O)c2ccn(-c3cccc(C(F)(F)F)c3)n2)C[C@H]1C(=O)O. The predicted octanol–water partition coefficient (Wildman–Crippen LogP) is 2.68. The van der Waals surface area contributed by atoms with Crippen molar-refractivity contribution in [2.45, 2.75) is 13.1 Å². The molecule has 0 unspecified atom stereocenters. The second kappa shape index (κ2) is 6.47. The standard InChI is InChI=1S/C17H16F3N3O3/c1-10-8-22(9-13(10)16(25)26)15(24)14-5-6-23(21-14)12-4-2-3-11(7-12)17(18,19)20/h2-7,10,13H,8-9H2,1H3,(H,25,26)/t10-,13-/m1/s1. The zero-order valence-corrected chi connectivity index (χ0v) is 13.8. The molecule has 0 bridgehead atoms. The third-order valence-electron chi connectivity index (χ3n) is 4.46. The Morgan fingerprint density at radius 1 is 1.23 bits per heavy atom. The molecular weight excluding hydrogens is 351 g/mol. The number of hydrogen-bond acceptors (Lipinski definition) is 3. The number of benzene rings is 1. The van der Waals surface area contributed by atoms with E-state index in [-0.39, 0.29) is 23.8 Å². The number of rotatable bonds is 3. The first-order valence-corrected chi connectivity index (χ1v) is 7.92. The van der Waals surface area contributed by atoms with Crippen LogP contribution in [0, 0.1) is 11.8 Å². The molecule has 1 N–H and O–H groups in total. The van der Waals surface area contributed by atoms with E-state index in [2.05, 4.69) is 5.10 Å². The molecule has 3 rings (SSSR count). The number of alkyl halides is 3. The number of carbonyl (C=O) groups is 2. The van der Waals surface area contributed by atoms with Crippen molar-refractivity contribution in [2.75, 3.05) is 13.1 Å². The summed E-state index contributed by atoms with van der Waals surface area (Å²) in [6.07, 6.45) is -3.07. The lowest BCUT2D eigenvalue weighted by Crippen LogP contribution is -2.30. The molecule has 1 amide bonds. The lowest BCUT2D eigenvalue weighted by molar-refractivity contribution is -0.142. The van der Waals surface area contributed by atoms with Gasteiger partial charge in [-0.3, -0.25) is 9.59 Å². The van der Waals surface area contributed by atoms with Gasteiger partial charge < -0.3 is 10.0 Å². The van der Waals surface area contributed by atoms with E-state index in [1.807, 2.05) is 0 Å². The van der Waals surface area contributed by atoms with Gasteiger partial charge in [0, 0.05) is 19.3 Å². The minimum Gasteiger partial charge on any atom is -0.481 e. The molecule has 1 aromatic heterocycles. The molecule has 1 aliphatic heterocycles. The van der Waals surface area contributed by atoms with Crippen LogP contribution >= 0.6 is 0 Å². The van der Waals surface area contributed by atoms with Crippen LogP contribution in [0.15, 0.2) is 36.5 Å². The van der Waals surface area contributed by atoms with Crippen LogP contribution in [0.2, 0.25) is 0 Å². The normalized spacial score (nSPS) is 20.4. The number of carboxylic acid groups (broad SMARTS) is 1. The van der Waals surface area contributed by atoms with E-state index in [1.54, 1.807) is 6.92 Å². The molecule has 9 heteroatoms. The first-order chi connectivity index (χ1) is 12.2. The molecule has 1 aliphatic rings. The zero-order valence-electron chi connectivity index (χ0n) is 13.8. The van der Waals surface area contributed by atoms with Gasteiger partial charge in [-0.15, -0.1) is 0 Å². The van der Waals surface area contributed by atoms with Crippen LogP contribution < -0.4 is 0 Å². The fraction of sp³-hybridized carbons (Fsp3) is 0.353. The maximum atomic E-state index is 12.8. The second-order valence-corrected chi connectivity index (χ2v) is 6.33. The summed E-state index contributed by atoms with van der Waals surface area (Å²) >= 11 is 0. The fourth-order valence-corrected chi connectivity index (χ4v) is 3.02. The third kappa shape index (κ3) is 3.42. The summed E-state index contributed by atoms with van der Waals surface area (Å²) in [5.41, 5.74) is -0.575. The Balaban J connectivity index is 1.80. The van der Waals surface area contributed by atoms with Crippen LogP contribution in [-0.2, 0) is 11.0 Å². The summed E-state index contributed by atoms with van der Waals surface area (Å²) in [6.45, 7) is 2.14. The van der Waals surface area contributed by atoms with Crippen LogP contribution in [0.1, 0.15) is 23.0 Å². The first kappa shape index (κ1) is 18.0. The van der Waals surface area contributed by atoms with Gasteiger partial charge in [0.05, 0.1) is 17.2 Å². The highest BCUT2D eigenvalue weighted by atomic mass is 19.4. The summed E-state index contributed by atoms with van der Waals surface area (Å²) in [5.74, 6) is -2.21. The average molecular weight is 367 g/mol. The van der Waals surface area contributed by atoms with Crippen molar-refractivity contribution in [3.63, 3.8) is 0 Å². The maximum absolute atomic E-state index is 12.8. The van der Waals surface area contributed by atoms with Crippen LogP contribution in [0.5, 0.6) is 0 Å². The molecule has 1 fully saturated rings. The quantitative estimate of drug-likeness (QED) is 0.905. The van der Waals surface area contributed by atoms with E-state index < -0.39 is 29.5 Å². The number of amides is 1. The minimum absolute atomic E-state index is 0.0562. The van der Waals surface area contributed by atoms with Crippen molar-refractivity contribution < 1.29 is 27.9 Å². The van der Waals surface area contributed by atoms with Crippen molar-refractivity contribution in [1.29, 1.82) is 0 Å². The number of hydrogen-bond donors (Lipinski definition) is 1. The fourth-order valence-electron chi connectivity index (χ4n) is 3.02. The molecule has 0 spiro atoms. The number of nitrogens with zero attached hydrogens (tertiary/aromatic N) is 3. The van der Waals surface area contributed by atoms with E-state index in [4.69, 9.17) is 5.11 Å². The lowest BCUT2D eigenvalue weighted by atomic mass is 9.99. The first-order valence-electron chi connectivity index (χ1n) is 7.92. The molecule has 1 aromatic carbocycles. The second-order valence-electron chi connectivity index (χ2n) is 6.33. The van der Waals surface area contributed by atoms with Gasteiger partial charge in [0.1, 0.15) is 0 Å². The molecule has 0 radical (unpaired) electrons. The summed E-state index contributed by atoms with van der Waals surface area (Å²) in [4.78, 5) is 25.1. The van der Waals surface area contributed by atoms with Crippen LogP contribution in [0.25, 0.3) is 5.69 Å². The van der Waals surface area contributed by atoms with Crippen molar-refractivity contribution >= 4 is 11.9 Å². The van der Waals surface area contributed by atoms with Crippen molar-refractivity contribution in [2.24, 2.45) is 11.8 Å². The van der Waals surface area contributed by atoms with Crippen LogP contribution in [-0.4, -0.2) is 44.8 Å². The monoisotopic (exact) mass is 367 g/mol. The highest BCUT2D eigenvalue weighted by Crippen LogP contribution is 2.30. The van der Waals surface area contributed by atoms with Crippen molar-refractivity contribution in [1.82, 2.24) is 14.7 Å². The topological polar surface area (TPSA) is 75.4 Å². The van der Waals surface area contributed by atoms with Crippen LogP contribution in [0.4, 0.5) is 13.2 Å². The Labute approximate surface area is 146 Å². The lowest BCUT2D eigenvalue weighted by Gasteiger charge is -2.14. The van der Waals surface area contributed by atoms with Gasteiger partial charge in [-0.2, -0.15) is 18.3 Å². The molecule has 26 heavy (non-hydrogen) atoms. The largest absolute Gasteiger partial charge is 0.481 e. The highest BCUT2D eigenvalue weighted by Gasteiger charge is 2.37. The van der Waals surface area contributed by atoms with Gasteiger partial charge in [-0.25, -0.2) is 4.68 Å². The average Bonchev–Trinajstić information content (AvgIpc) is 3.20. The Kier molecular flexibility index (Phi) is 4.47. The van der Waals surface area contributed by atoms with Gasteiger partial charge in [0.15, 0.2) is 5.69 Å². The molecule has 0 aliphatic carbocycles. The minimum atomic E-state index is -4.47. The number of likely N-dealkylation sites (tertiary alicyclic amines) is 1. The number of carboxylic acids is 1. The predicted molar refractivity (Wildman–Crippen MR) is 84.8 cm³/mol. The zero-order chi connectivity index (χ0) is 19.1. The van der Waals surface area contributed by atoms with E-state index in [0.717, 1.165) is 12.1 Å². The summed E-state index contributed by atoms with van der Waals surface area (Å²) in [7, 11) is 0. The number of halogens is 3. The molecule has 2 heterocycles. The molecular formula is C17H16F3N3O3. The molecule has 1 saturated heterocycles. The van der Waals surface area contributed by atoms with Gasteiger partial charge in [-0.05, 0) is 30.2 Å². The van der Waals surface area contributed by atoms with E-state index in [9.17, 15) is 22.8 Å². The van der Waals surface area contributed by atoms with Gasteiger partial charge in [0.2, 0.25) is 0 Å². The molecule has 138 valence electrons. The summed E-state index contributed by atoms with van der Waals surface area (Å²) in [6, 6.07) is 6.02. The van der Waals surface area contributed by atoms with Gasteiger partial charge in [0.25, 0.3) is 5.91 Å². The van der Waals surface area contributed by atoms with Gasteiger partial charge in [-0.1, -0.05) is 13.0 Å². The van der Waals surface area contributed by atoms with Crippen molar-refractivity contribution in [3.8, 4) is 5.69 Å². The Morgan fingerprint density at radius 3 is 2.58 bits per heavy atom.